The topological polar surface area (TPSA) is 55.1 Å². The van der Waals surface area contributed by atoms with Crippen LogP contribution in [0, 0.1) is 28.8 Å². The van der Waals surface area contributed by atoms with Gasteiger partial charge >= 0.3 is 0 Å². The molecule has 1 saturated carbocycles. The molecule has 0 aromatic heterocycles. The van der Waals surface area contributed by atoms with E-state index in [1.165, 1.54) is 0 Å². The van der Waals surface area contributed by atoms with Gasteiger partial charge in [-0.25, -0.2) is 13.2 Å². The van der Waals surface area contributed by atoms with Gasteiger partial charge in [-0.05, 0) is 43.7 Å². The van der Waals surface area contributed by atoms with Gasteiger partial charge in [0.05, 0.1) is 11.1 Å². The lowest BCUT2D eigenvalue weighted by Gasteiger charge is -2.37. The Morgan fingerprint density at radius 1 is 1.29 bits per heavy atom. The average Bonchev–Trinajstić information content (AvgIpc) is 2.49. The summed E-state index contributed by atoms with van der Waals surface area (Å²) in [5, 5.41) is 2.35. The maximum absolute atomic E-state index is 13.6. The minimum Gasteiger partial charge on any atom is -0.329 e. The van der Waals surface area contributed by atoms with Crippen molar-refractivity contribution in [1.82, 2.24) is 0 Å². The Morgan fingerprint density at radius 2 is 1.90 bits per heavy atom. The summed E-state index contributed by atoms with van der Waals surface area (Å²) in [5.74, 6) is -4.17. The number of hydrogen-bond acceptors (Lipinski definition) is 2. The molecule has 1 aromatic rings. The van der Waals surface area contributed by atoms with Gasteiger partial charge in [0.25, 0.3) is 0 Å². The fourth-order valence-corrected chi connectivity index (χ4v) is 2.72. The molecule has 0 saturated heterocycles. The largest absolute Gasteiger partial charge is 0.329 e. The lowest BCUT2D eigenvalue weighted by molar-refractivity contribution is -0.127. The zero-order valence-corrected chi connectivity index (χ0v) is 11.9. The molecule has 0 atom stereocenters. The molecule has 21 heavy (non-hydrogen) atoms. The van der Waals surface area contributed by atoms with Gasteiger partial charge in [0.1, 0.15) is 0 Å². The van der Waals surface area contributed by atoms with Crippen LogP contribution in [0.4, 0.5) is 18.9 Å². The van der Waals surface area contributed by atoms with E-state index in [0.717, 1.165) is 25.0 Å². The number of carbonyl (C=O) groups excluding carboxylic acids is 1. The predicted octanol–water partition coefficient (Wildman–Crippen LogP) is 3.20. The number of anilines is 1. The summed E-state index contributed by atoms with van der Waals surface area (Å²) in [7, 11) is 0. The van der Waals surface area contributed by atoms with Crippen LogP contribution in [0.2, 0.25) is 0 Å². The molecule has 0 radical (unpaired) electrons. The lowest BCUT2D eigenvalue weighted by atomic mass is 9.70. The molecule has 1 aliphatic carbocycles. The third-order valence-electron chi connectivity index (χ3n) is 4.39. The Balaban J connectivity index is 2.19. The Hall–Kier alpha value is -1.56. The van der Waals surface area contributed by atoms with E-state index in [0.29, 0.717) is 18.8 Å². The van der Waals surface area contributed by atoms with Gasteiger partial charge in [0.15, 0.2) is 17.5 Å². The van der Waals surface area contributed by atoms with E-state index in [1.807, 2.05) is 0 Å². The second kappa shape index (κ2) is 6.05. The van der Waals surface area contributed by atoms with Crippen molar-refractivity contribution in [2.45, 2.75) is 32.6 Å². The predicted molar refractivity (Wildman–Crippen MR) is 74.1 cm³/mol. The number of hydrogen-bond donors (Lipinski definition) is 2. The van der Waals surface area contributed by atoms with Crippen LogP contribution in [-0.2, 0) is 4.79 Å². The van der Waals surface area contributed by atoms with E-state index in [9.17, 15) is 18.0 Å². The smallest absolute Gasteiger partial charge is 0.231 e. The van der Waals surface area contributed by atoms with Crippen molar-refractivity contribution in [3.8, 4) is 0 Å². The highest BCUT2D eigenvalue weighted by molar-refractivity contribution is 5.95. The normalized spacial score (nSPS) is 25.7. The molecular weight excluding hydrogens is 281 g/mol. The van der Waals surface area contributed by atoms with E-state index < -0.39 is 28.8 Å². The molecule has 0 heterocycles. The molecule has 1 amide bonds. The first-order chi connectivity index (χ1) is 9.89. The molecule has 6 heteroatoms. The summed E-state index contributed by atoms with van der Waals surface area (Å²) in [5.41, 5.74) is 4.63. The van der Waals surface area contributed by atoms with Crippen molar-refractivity contribution in [1.29, 1.82) is 0 Å². The maximum Gasteiger partial charge on any atom is 0.231 e. The van der Waals surface area contributed by atoms with Gasteiger partial charge in [0.2, 0.25) is 5.91 Å². The molecule has 3 nitrogen and oxygen atoms in total. The summed E-state index contributed by atoms with van der Waals surface area (Å²) in [6, 6.07) is 1.80. The molecule has 0 unspecified atom stereocenters. The third kappa shape index (κ3) is 3.05. The number of carbonyl (C=O) groups is 1. The monoisotopic (exact) mass is 300 g/mol. The minimum absolute atomic E-state index is 0.150. The van der Waals surface area contributed by atoms with Gasteiger partial charge in [-0.2, -0.15) is 0 Å². The minimum atomic E-state index is -1.59. The van der Waals surface area contributed by atoms with E-state index >= 15 is 0 Å². The van der Waals surface area contributed by atoms with Crippen LogP contribution in [0.25, 0.3) is 0 Å². The number of amides is 1. The van der Waals surface area contributed by atoms with Crippen molar-refractivity contribution >= 4 is 11.6 Å². The van der Waals surface area contributed by atoms with Crippen LogP contribution in [0.3, 0.4) is 0 Å². The highest BCUT2D eigenvalue weighted by Crippen LogP contribution is 2.39. The maximum atomic E-state index is 13.6. The molecule has 0 spiro atoms. The molecule has 1 aromatic carbocycles. The highest BCUT2D eigenvalue weighted by Gasteiger charge is 2.40. The number of nitrogens with one attached hydrogen (secondary N) is 1. The van der Waals surface area contributed by atoms with Gasteiger partial charge in [0, 0.05) is 6.54 Å². The Labute approximate surface area is 121 Å². The summed E-state index contributed by atoms with van der Waals surface area (Å²) in [6.07, 6.45) is 2.96. The summed E-state index contributed by atoms with van der Waals surface area (Å²) < 4.78 is 39.7. The number of rotatable bonds is 3. The van der Waals surface area contributed by atoms with Crippen molar-refractivity contribution in [2.75, 3.05) is 11.9 Å². The van der Waals surface area contributed by atoms with E-state index in [-0.39, 0.29) is 12.2 Å². The fraction of sp³-hybridized carbons (Fsp3) is 0.533. The van der Waals surface area contributed by atoms with Crippen molar-refractivity contribution < 1.29 is 18.0 Å². The zero-order valence-electron chi connectivity index (χ0n) is 11.9. The van der Waals surface area contributed by atoms with E-state index in [4.69, 9.17) is 5.73 Å². The van der Waals surface area contributed by atoms with E-state index in [2.05, 4.69) is 12.2 Å². The molecule has 0 bridgehead atoms. The van der Waals surface area contributed by atoms with Crippen molar-refractivity contribution in [2.24, 2.45) is 17.1 Å². The molecule has 0 aliphatic heterocycles. The zero-order chi connectivity index (χ0) is 15.6. The second-order valence-electron chi connectivity index (χ2n) is 5.84. The van der Waals surface area contributed by atoms with Gasteiger partial charge in [-0.15, -0.1) is 0 Å². The molecule has 3 N–H and O–H groups in total. The number of halogens is 3. The Kier molecular flexibility index (Phi) is 4.56. The van der Waals surface area contributed by atoms with Crippen molar-refractivity contribution in [3.05, 3.63) is 29.6 Å². The van der Waals surface area contributed by atoms with Crippen LogP contribution in [-0.4, -0.2) is 12.5 Å². The van der Waals surface area contributed by atoms with Crippen molar-refractivity contribution in [3.63, 3.8) is 0 Å². The standard InChI is InChI=1S/C15H19F3N2O/c1-9-4-6-15(8-19,7-5-9)14(21)20-11-3-2-10(16)12(17)13(11)18/h2-3,9H,4-8,19H2,1H3,(H,20,21). The lowest BCUT2D eigenvalue weighted by Crippen LogP contribution is -2.45. The molecule has 2 rings (SSSR count). The summed E-state index contributed by atoms with van der Waals surface area (Å²) in [4.78, 5) is 12.4. The first-order valence-electron chi connectivity index (χ1n) is 7.04. The molecule has 1 fully saturated rings. The quantitative estimate of drug-likeness (QED) is 0.842. The second-order valence-corrected chi connectivity index (χ2v) is 5.84. The Morgan fingerprint density at radius 3 is 2.48 bits per heavy atom. The summed E-state index contributed by atoms with van der Waals surface area (Å²) in [6.45, 7) is 2.25. The van der Waals surface area contributed by atoms with Crippen LogP contribution >= 0.6 is 0 Å². The third-order valence-corrected chi connectivity index (χ3v) is 4.39. The number of benzene rings is 1. The molecular formula is C15H19F3N2O. The first kappa shape index (κ1) is 15.8. The fourth-order valence-electron chi connectivity index (χ4n) is 2.72. The molecule has 1 aliphatic rings. The van der Waals surface area contributed by atoms with Crippen LogP contribution < -0.4 is 11.1 Å². The van der Waals surface area contributed by atoms with Gasteiger partial charge in [-0.3, -0.25) is 4.79 Å². The number of nitrogens with two attached hydrogens (primary N) is 1. The SMILES string of the molecule is CC1CCC(CN)(C(=O)Nc2ccc(F)c(F)c2F)CC1. The van der Waals surface area contributed by atoms with Crippen LogP contribution in [0.5, 0.6) is 0 Å². The molecule has 116 valence electrons. The van der Waals surface area contributed by atoms with Gasteiger partial charge in [-0.1, -0.05) is 6.92 Å². The van der Waals surface area contributed by atoms with Crippen LogP contribution in [0.1, 0.15) is 32.6 Å². The van der Waals surface area contributed by atoms with Crippen LogP contribution in [0.15, 0.2) is 12.1 Å². The van der Waals surface area contributed by atoms with Gasteiger partial charge < -0.3 is 11.1 Å². The first-order valence-corrected chi connectivity index (χ1v) is 7.04. The summed E-state index contributed by atoms with van der Waals surface area (Å²) >= 11 is 0. The highest BCUT2D eigenvalue weighted by atomic mass is 19.2. The van der Waals surface area contributed by atoms with E-state index in [1.54, 1.807) is 0 Å². The average molecular weight is 300 g/mol. The Bertz CT molecular complexity index is 540.